The molecule has 7 heteroatoms. The number of fused-ring (bicyclic) bond motifs is 1. The minimum atomic E-state index is -2.72. The van der Waals surface area contributed by atoms with Crippen molar-refractivity contribution in [1.29, 1.82) is 0 Å². The van der Waals surface area contributed by atoms with Crippen molar-refractivity contribution in [3.8, 4) is 0 Å². The van der Waals surface area contributed by atoms with E-state index in [1.807, 2.05) is 26.0 Å². The lowest BCUT2D eigenvalue weighted by atomic mass is 9.92. The third kappa shape index (κ3) is 3.34. The first kappa shape index (κ1) is 16.3. The summed E-state index contributed by atoms with van der Waals surface area (Å²) in [6, 6.07) is 11.5. The lowest BCUT2D eigenvalue weighted by Gasteiger charge is -2.27. The molecule has 2 aromatic heterocycles. The van der Waals surface area contributed by atoms with Gasteiger partial charge in [-0.2, -0.15) is 4.52 Å². The highest BCUT2D eigenvalue weighted by atomic mass is 19.3. The first-order valence-electron chi connectivity index (χ1n) is 7.69. The number of nitrogens with zero attached hydrogens (tertiary/aromatic N) is 4. The Hall–Kier alpha value is -2.57. The molecular formula is C17H19F2N5. The molecule has 0 aliphatic rings. The van der Waals surface area contributed by atoms with Gasteiger partial charge in [-0.1, -0.05) is 24.3 Å². The summed E-state index contributed by atoms with van der Waals surface area (Å²) >= 11 is 0. The lowest BCUT2D eigenvalue weighted by Crippen LogP contribution is -2.34. The highest BCUT2D eigenvalue weighted by molar-refractivity contribution is 5.45. The lowest BCUT2D eigenvalue weighted by molar-refractivity contribution is 0.137. The molecule has 0 fully saturated rings. The van der Waals surface area contributed by atoms with E-state index in [0.717, 1.165) is 10.9 Å². The van der Waals surface area contributed by atoms with E-state index < -0.39 is 12.2 Å². The first-order valence-corrected chi connectivity index (χ1v) is 7.69. The van der Waals surface area contributed by atoms with Crippen molar-refractivity contribution >= 4 is 11.5 Å². The number of nitrogens with one attached hydrogen (secondary N) is 1. The number of anilines is 1. The van der Waals surface area contributed by atoms with E-state index in [1.54, 1.807) is 12.1 Å². The number of aryl methyl sites for hydroxylation is 1. The molecule has 0 saturated carbocycles. The largest absolute Gasteiger partial charge is 0.363 e. The van der Waals surface area contributed by atoms with E-state index in [4.69, 9.17) is 0 Å². The molecule has 3 rings (SSSR count). The van der Waals surface area contributed by atoms with Crippen LogP contribution in [0.4, 0.5) is 14.6 Å². The molecule has 0 spiro atoms. The number of alkyl halides is 2. The smallest absolute Gasteiger partial charge is 0.299 e. The summed E-state index contributed by atoms with van der Waals surface area (Å²) in [5.41, 5.74) is 2.45. The second kappa shape index (κ2) is 6.14. The van der Waals surface area contributed by atoms with Crippen molar-refractivity contribution in [2.45, 2.75) is 39.2 Å². The molecule has 1 aromatic carbocycles. The predicted molar refractivity (Wildman–Crippen MR) is 88.3 cm³/mol. The molecule has 126 valence electrons. The topological polar surface area (TPSA) is 55.1 Å². The molecule has 3 aromatic rings. The molecule has 24 heavy (non-hydrogen) atoms. The third-order valence-corrected chi connectivity index (χ3v) is 3.84. The number of rotatable bonds is 5. The Morgan fingerprint density at radius 1 is 1.12 bits per heavy atom. The Kier molecular flexibility index (Phi) is 4.17. The molecule has 5 nitrogen and oxygen atoms in total. The average molecular weight is 331 g/mol. The maximum atomic E-state index is 12.9. The summed E-state index contributed by atoms with van der Waals surface area (Å²) in [7, 11) is 0. The molecule has 0 aliphatic heterocycles. The second-order valence-corrected chi connectivity index (χ2v) is 6.46. The monoisotopic (exact) mass is 331 g/mol. The molecule has 0 saturated heterocycles. The molecule has 0 radical (unpaired) electrons. The maximum absolute atomic E-state index is 12.9. The van der Waals surface area contributed by atoms with Gasteiger partial charge in [-0.05, 0) is 50.5 Å². The van der Waals surface area contributed by atoms with Gasteiger partial charge in [0.25, 0.3) is 6.43 Å². The van der Waals surface area contributed by atoms with Gasteiger partial charge in [-0.15, -0.1) is 15.3 Å². The fraction of sp³-hybridized carbons (Fsp3) is 0.353. The van der Waals surface area contributed by atoms with Gasteiger partial charge in [0.2, 0.25) is 5.82 Å². The van der Waals surface area contributed by atoms with Crippen LogP contribution in [0.2, 0.25) is 0 Å². The van der Waals surface area contributed by atoms with Gasteiger partial charge >= 0.3 is 0 Å². The van der Waals surface area contributed by atoms with E-state index in [-0.39, 0.29) is 5.54 Å². The Bertz CT molecular complexity index is 857. The zero-order chi connectivity index (χ0) is 17.3. The zero-order valence-electron chi connectivity index (χ0n) is 13.8. The van der Waals surface area contributed by atoms with Crippen molar-refractivity contribution < 1.29 is 8.78 Å². The zero-order valence-corrected chi connectivity index (χ0v) is 13.8. The molecule has 0 bridgehead atoms. The van der Waals surface area contributed by atoms with Crippen LogP contribution in [0.3, 0.4) is 0 Å². The number of hydrogen-bond acceptors (Lipinski definition) is 4. The van der Waals surface area contributed by atoms with Gasteiger partial charge in [0, 0.05) is 5.54 Å². The summed E-state index contributed by atoms with van der Waals surface area (Å²) in [5, 5.41) is 14.7. The van der Waals surface area contributed by atoms with Crippen LogP contribution >= 0.6 is 0 Å². The standard InChI is InChI=1S/C17H19F2N5/c1-11-6-4-5-7-12(11)10-17(2,3)20-13-8-9-14-21-22-16(15(18)19)24(14)23-13/h4-9,15H,10H2,1-3H3,(H,20,23). The predicted octanol–water partition coefficient (Wildman–Crippen LogP) is 3.80. The second-order valence-electron chi connectivity index (χ2n) is 6.46. The minimum Gasteiger partial charge on any atom is -0.363 e. The van der Waals surface area contributed by atoms with Crippen LogP contribution in [-0.4, -0.2) is 25.4 Å². The molecule has 0 aliphatic carbocycles. The van der Waals surface area contributed by atoms with Gasteiger partial charge < -0.3 is 5.32 Å². The molecule has 0 atom stereocenters. The fourth-order valence-corrected chi connectivity index (χ4v) is 2.68. The van der Waals surface area contributed by atoms with E-state index >= 15 is 0 Å². The van der Waals surface area contributed by atoms with Crippen LogP contribution in [-0.2, 0) is 6.42 Å². The van der Waals surface area contributed by atoms with Crippen molar-refractivity contribution in [2.24, 2.45) is 0 Å². The number of halogens is 2. The van der Waals surface area contributed by atoms with Gasteiger partial charge in [0.05, 0.1) is 0 Å². The van der Waals surface area contributed by atoms with Crippen molar-refractivity contribution in [1.82, 2.24) is 19.8 Å². The normalized spacial score (nSPS) is 12.1. The maximum Gasteiger partial charge on any atom is 0.299 e. The van der Waals surface area contributed by atoms with Crippen LogP contribution in [0.15, 0.2) is 36.4 Å². The molecule has 2 heterocycles. The molecular weight excluding hydrogens is 312 g/mol. The van der Waals surface area contributed by atoms with Crippen LogP contribution in [0.5, 0.6) is 0 Å². The van der Waals surface area contributed by atoms with E-state index in [0.29, 0.717) is 11.5 Å². The van der Waals surface area contributed by atoms with Gasteiger partial charge in [0.1, 0.15) is 5.82 Å². The number of aromatic nitrogens is 4. The summed E-state index contributed by atoms with van der Waals surface area (Å²) in [6.07, 6.45) is -1.94. The Morgan fingerprint density at radius 3 is 2.58 bits per heavy atom. The minimum absolute atomic E-state index is 0.299. The van der Waals surface area contributed by atoms with Gasteiger partial charge in [-0.25, -0.2) is 8.78 Å². The third-order valence-electron chi connectivity index (χ3n) is 3.84. The van der Waals surface area contributed by atoms with E-state index in [9.17, 15) is 8.78 Å². The molecule has 0 unspecified atom stereocenters. The quantitative estimate of drug-likeness (QED) is 0.772. The van der Waals surface area contributed by atoms with E-state index in [2.05, 4.69) is 39.7 Å². The Balaban J connectivity index is 1.85. The summed E-state index contributed by atoms with van der Waals surface area (Å²) in [4.78, 5) is 0. The number of benzene rings is 1. The average Bonchev–Trinajstić information content (AvgIpc) is 2.92. The van der Waals surface area contributed by atoms with Crippen molar-refractivity contribution in [3.63, 3.8) is 0 Å². The van der Waals surface area contributed by atoms with Crippen molar-refractivity contribution in [2.75, 3.05) is 5.32 Å². The molecule has 0 amide bonds. The van der Waals surface area contributed by atoms with Crippen LogP contribution in [0.25, 0.3) is 5.65 Å². The Morgan fingerprint density at radius 2 is 1.88 bits per heavy atom. The van der Waals surface area contributed by atoms with E-state index in [1.165, 1.54) is 11.1 Å². The summed E-state index contributed by atoms with van der Waals surface area (Å²) < 4.78 is 27.0. The Labute approximate surface area is 138 Å². The van der Waals surface area contributed by atoms with Crippen LogP contribution in [0, 0.1) is 6.92 Å². The van der Waals surface area contributed by atoms with Crippen molar-refractivity contribution in [3.05, 3.63) is 53.3 Å². The number of hydrogen-bond donors (Lipinski definition) is 1. The SMILES string of the molecule is Cc1ccccc1CC(C)(C)Nc1ccc2nnc(C(F)F)n2n1. The van der Waals surface area contributed by atoms with Crippen LogP contribution < -0.4 is 5.32 Å². The first-order chi connectivity index (χ1) is 11.4. The summed E-state index contributed by atoms with van der Waals surface area (Å²) in [6.45, 7) is 6.17. The fourth-order valence-electron chi connectivity index (χ4n) is 2.68. The van der Waals surface area contributed by atoms with Crippen LogP contribution in [0.1, 0.15) is 37.2 Å². The summed E-state index contributed by atoms with van der Waals surface area (Å²) in [5.74, 6) is 0.0492. The van der Waals surface area contributed by atoms with Gasteiger partial charge in [-0.3, -0.25) is 0 Å². The highest BCUT2D eigenvalue weighted by Gasteiger charge is 2.21. The molecule has 1 N–H and O–H groups in total. The highest BCUT2D eigenvalue weighted by Crippen LogP contribution is 2.22. The van der Waals surface area contributed by atoms with Gasteiger partial charge in [0.15, 0.2) is 5.65 Å².